The summed E-state index contributed by atoms with van der Waals surface area (Å²) in [6, 6.07) is 2.67. The average Bonchev–Trinajstić information content (AvgIpc) is 2.35. The van der Waals surface area contributed by atoms with E-state index in [1.165, 1.54) is 6.07 Å². The van der Waals surface area contributed by atoms with E-state index < -0.39 is 23.5 Å². The number of ether oxygens (including phenoxy) is 1. The van der Waals surface area contributed by atoms with E-state index in [9.17, 15) is 22.4 Å². The molecule has 0 unspecified atom stereocenters. The Hall–Kier alpha value is -1.59. The summed E-state index contributed by atoms with van der Waals surface area (Å²) < 4.78 is 55.2. The van der Waals surface area contributed by atoms with Crippen LogP contribution in [0.2, 0.25) is 0 Å². The number of aryl methyl sites for hydroxylation is 1. The predicted octanol–water partition coefficient (Wildman–Crippen LogP) is 4.12. The maximum Gasteiger partial charge on any atom is 0.419 e. The molecule has 0 aliphatic carbocycles. The minimum absolute atomic E-state index is 0.0223. The standard InChI is InChI=1S/C14H16F4O2/c1-2-3-8-20-13(19)7-5-10-4-6-11(12(15)9-10)14(16,17)18/h4,6,9H,2-3,5,7-8H2,1H3. The molecule has 0 saturated heterocycles. The van der Waals surface area contributed by atoms with Gasteiger partial charge in [0.2, 0.25) is 0 Å². The smallest absolute Gasteiger partial charge is 0.419 e. The quantitative estimate of drug-likeness (QED) is 0.448. The third-order valence-corrected chi connectivity index (χ3v) is 2.72. The molecule has 6 heteroatoms. The highest BCUT2D eigenvalue weighted by atomic mass is 19.4. The number of carbonyl (C=O) groups excluding carboxylic acids is 1. The van der Waals surface area contributed by atoms with Gasteiger partial charge in [0.15, 0.2) is 0 Å². The van der Waals surface area contributed by atoms with E-state index in [0.29, 0.717) is 18.2 Å². The van der Waals surface area contributed by atoms with Crippen LogP contribution < -0.4 is 0 Å². The molecule has 112 valence electrons. The van der Waals surface area contributed by atoms with Crippen LogP contribution in [0.25, 0.3) is 0 Å². The van der Waals surface area contributed by atoms with Gasteiger partial charge in [0.1, 0.15) is 5.82 Å². The third-order valence-electron chi connectivity index (χ3n) is 2.72. The first-order valence-electron chi connectivity index (χ1n) is 6.36. The van der Waals surface area contributed by atoms with Crippen LogP contribution >= 0.6 is 0 Å². The predicted molar refractivity (Wildman–Crippen MR) is 65.6 cm³/mol. The van der Waals surface area contributed by atoms with Gasteiger partial charge in [-0.15, -0.1) is 0 Å². The lowest BCUT2D eigenvalue weighted by Gasteiger charge is -2.09. The first-order chi connectivity index (χ1) is 9.34. The van der Waals surface area contributed by atoms with E-state index >= 15 is 0 Å². The van der Waals surface area contributed by atoms with Crippen LogP contribution in [0.1, 0.15) is 37.3 Å². The third kappa shape index (κ3) is 5.19. The van der Waals surface area contributed by atoms with Crippen LogP contribution in [-0.4, -0.2) is 12.6 Å². The zero-order valence-electron chi connectivity index (χ0n) is 11.1. The maximum absolute atomic E-state index is 13.3. The molecule has 1 rings (SSSR count). The number of hydrogen-bond donors (Lipinski definition) is 0. The maximum atomic E-state index is 13.3. The van der Waals surface area contributed by atoms with E-state index in [-0.39, 0.29) is 12.8 Å². The molecule has 0 aliphatic rings. The Labute approximate surface area is 114 Å². The van der Waals surface area contributed by atoms with Gasteiger partial charge in [-0.3, -0.25) is 4.79 Å². The van der Waals surface area contributed by atoms with Gasteiger partial charge in [0.05, 0.1) is 12.2 Å². The van der Waals surface area contributed by atoms with E-state index in [1.54, 1.807) is 0 Å². The van der Waals surface area contributed by atoms with Crippen molar-refractivity contribution in [1.29, 1.82) is 0 Å². The van der Waals surface area contributed by atoms with E-state index in [4.69, 9.17) is 4.74 Å². The van der Waals surface area contributed by atoms with E-state index in [2.05, 4.69) is 0 Å². The number of carbonyl (C=O) groups is 1. The Morgan fingerprint density at radius 3 is 2.55 bits per heavy atom. The summed E-state index contributed by atoms with van der Waals surface area (Å²) in [7, 11) is 0. The number of benzene rings is 1. The second-order valence-electron chi connectivity index (χ2n) is 4.39. The SMILES string of the molecule is CCCCOC(=O)CCc1ccc(C(F)(F)F)c(F)c1. The molecule has 0 heterocycles. The number of esters is 1. The van der Waals surface area contributed by atoms with Crippen LogP contribution in [0.5, 0.6) is 0 Å². The molecule has 0 saturated carbocycles. The van der Waals surface area contributed by atoms with Crippen molar-refractivity contribution in [3.8, 4) is 0 Å². The average molecular weight is 292 g/mol. The second kappa shape index (κ2) is 7.26. The molecule has 1 aromatic rings. The van der Waals surface area contributed by atoms with Gasteiger partial charge in [0.25, 0.3) is 0 Å². The largest absolute Gasteiger partial charge is 0.466 e. The fourth-order valence-corrected chi connectivity index (χ4v) is 1.59. The van der Waals surface area contributed by atoms with Gasteiger partial charge in [-0.2, -0.15) is 13.2 Å². The zero-order valence-corrected chi connectivity index (χ0v) is 11.1. The summed E-state index contributed by atoms with van der Waals surface area (Å²) >= 11 is 0. The molecule has 0 aliphatic heterocycles. The fourth-order valence-electron chi connectivity index (χ4n) is 1.59. The molecule has 0 amide bonds. The van der Waals surface area contributed by atoms with Crippen molar-refractivity contribution in [2.75, 3.05) is 6.61 Å². The Morgan fingerprint density at radius 2 is 2.00 bits per heavy atom. The molecule has 0 spiro atoms. The summed E-state index contributed by atoms with van der Waals surface area (Å²) in [5.41, 5.74) is -0.963. The number of hydrogen-bond acceptors (Lipinski definition) is 2. The molecule has 1 aromatic carbocycles. The molecule has 20 heavy (non-hydrogen) atoms. The molecular weight excluding hydrogens is 276 g/mol. The van der Waals surface area contributed by atoms with Crippen molar-refractivity contribution in [3.05, 3.63) is 35.1 Å². The van der Waals surface area contributed by atoms with Gasteiger partial charge < -0.3 is 4.74 Å². The number of halogens is 4. The molecule has 0 bridgehead atoms. The van der Waals surface area contributed by atoms with Crippen LogP contribution in [0, 0.1) is 5.82 Å². The first-order valence-corrected chi connectivity index (χ1v) is 6.36. The molecular formula is C14H16F4O2. The van der Waals surface area contributed by atoms with Crippen LogP contribution in [-0.2, 0) is 22.1 Å². The molecule has 0 aromatic heterocycles. The van der Waals surface area contributed by atoms with Gasteiger partial charge >= 0.3 is 12.1 Å². The summed E-state index contributed by atoms with van der Waals surface area (Å²) in [6.07, 6.45) is -2.87. The molecule has 0 atom stereocenters. The van der Waals surface area contributed by atoms with Gasteiger partial charge in [-0.05, 0) is 30.5 Å². The van der Waals surface area contributed by atoms with Crippen molar-refractivity contribution < 1.29 is 27.1 Å². The summed E-state index contributed by atoms with van der Waals surface area (Å²) in [5.74, 6) is -1.76. The van der Waals surface area contributed by atoms with E-state index in [1.807, 2.05) is 6.92 Å². The van der Waals surface area contributed by atoms with Crippen molar-refractivity contribution in [2.24, 2.45) is 0 Å². The lowest BCUT2D eigenvalue weighted by Crippen LogP contribution is -2.09. The summed E-state index contributed by atoms with van der Waals surface area (Å²) in [6.45, 7) is 2.29. The summed E-state index contributed by atoms with van der Waals surface area (Å²) in [5, 5.41) is 0. The normalized spacial score (nSPS) is 11.4. The van der Waals surface area contributed by atoms with Crippen molar-refractivity contribution in [3.63, 3.8) is 0 Å². The molecule has 0 fully saturated rings. The van der Waals surface area contributed by atoms with Crippen LogP contribution in [0.4, 0.5) is 17.6 Å². The molecule has 0 N–H and O–H groups in total. The molecule has 2 nitrogen and oxygen atoms in total. The van der Waals surface area contributed by atoms with Crippen molar-refractivity contribution in [1.82, 2.24) is 0 Å². The molecule has 0 radical (unpaired) electrons. The Morgan fingerprint density at radius 1 is 1.30 bits per heavy atom. The Balaban J connectivity index is 2.54. The second-order valence-corrected chi connectivity index (χ2v) is 4.39. The van der Waals surface area contributed by atoms with Gasteiger partial charge in [-0.1, -0.05) is 19.4 Å². The Bertz CT molecular complexity index is 455. The lowest BCUT2D eigenvalue weighted by atomic mass is 10.1. The zero-order chi connectivity index (χ0) is 15.2. The van der Waals surface area contributed by atoms with Gasteiger partial charge in [0, 0.05) is 6.42 Å². The number of alkyl halides is 3. The highest BCUT2D eigenvalue weighted by Crippen LogP contribution is 2.31. The van der Waals surface area contributed by atoms with Crippen LogP contribution in [0.3, 0.4) is 0 Å². The summed E-state index contributed by atoms with van der Waals surface area (Å²) in [4.78, 5) is 11.3. The number of unbranched alkanes of at least 4 members (excludes halogenated alkanes) is 1. The van der Waals surface area contributed by atoms with Crippen molar-refractivity contribution >= 4 is 5.97 Å². The topological polar surface area (TPSA) is 26.3 Å². The minimum Gasteiger partial charge on any atom is -0.466 e. The monoisotopic (exact) mass is 292 g/mol. The highest BCUT2D eigenvalue weighted by Gasteiger charge is 2.33. The fraction of sp³-hybridized carbons (Fsp3) is 0.500. The Kier molecular flexibility index (Phi) is 5.98. The minimum atomic E-state index is -4.71. The first kappa shape index (κ1) is 16.5. The lowest BCUT2D eigenvalue weighted by molar-refractivity contribution is -0.144. The van der Waals surface area contributed by atoms with Gasteiger partial charge in [-0.25, -0.2) is 4.39 Å². The number of rotatable bonds is 6. The van der Waals surface area contributed by atoms with Crippen LogP contribution in [0.15, 0.2) is 18.2 Å². The van der Waals surface area contributed by atoms with E-state index in [0.717, 1.165) is 18.9 Å². The van der Waals surface area contributed by atoms with Crippen molar-refractivity contribution in [2.45, 2.75) is 38.8 Å². The highest BCUT2D eigenvalue weighted by molar-refractivity contribution is 5.69.